The summed E-state index contributed by atoms with van der Waals surface area (Å²) in [6, 6.07) is 10.8. The van der Waals surface area contributed by atoms with Crippen molar-refractivity contribution in [3.8, 4) is 5.75 Å². The van der Waals surface area contributed by atoms with Gasteiger partial charge in [0.1, 0.15) is 5.75 Å². The largest absolute Gasteiger partial charge is 0.434 e. The molecule has 0 fully saturated rings. The molecule has 1 aromatic carbocycles. The van der Waals surface area contributed by atoms with E-state index in [-0.39, 0.29) is 5.75 Å². The lowest BCUT2D eigenvalue weighted by atomic mass is 10.2. The molecule has 0 saturated heterocycles. The van der Waals surface area contributed by atoms with Gasteiger partial charge in [0.05, 0.1) is 3.79 Å². The molecule has 0 bridgehead atoms. The first-order valence-electron chi connectivity index (χ1n) is 5.63. The van der Waals surface area contributed by atoms with E-state index in [1.54, 1.807) is 35.6 Å². The van der Waals surface area contributed by atoms with Crippen LogP contribution in [0.1, 0.15) is 10.4 Å². The Morgan fingerprint density at radius 3 is 2.63 bits per heavy atom. The molecule has 0 spiro atoms. The van der Waals surface area contributed by atoms with Crippen LogP contribution in [0.4, 0.5) is 8.78 Å². The van der Waals surface area contributed by atoms with Crippen molar-refractivity contribution >= 4 is 27.3 Å². The van der Waals surface area contributed by atoms with Crippen molar-refractivity contribution in [1.29, 1.82) is 0 Å². The highest BCUT2D eigenvalue weighted by atomic mass is 79.9. The molecular weight excluding hydrogens is 336 g/mol. The fourth-order valence-electron chi connectivity index (χ4n) is 1.63. The van der Waals surface area contributed by atoms with Crippen molar-refractivity contribution in [1.82, 2.24) is 5.32 Å². The molecule has 0 saturated carbocycles. The molecule has 6 heteroatoms. The summed E-state index contributed by atoms with van der Waals surface area (Å²) in [5.41, 5.74) is 0.721. The van der Waals surface area contributed by atoms with Gasteiger partial charge in [-0.25, -0.2) is 0 Å². The lowest BCUT2D eigenvalue weighted by Gasteiger charge is -2.10. The topological polar surface area (TPSA) is 21.3 Å². The maximum Gasteiger partial charge on any atom is 0.387 e. The van der Waals surface area contributed by atoms with Crippen LogP contribution in [0.25, 0.3) is 0 Å². The van der Waals surface area contributed by atoms with Crippen LogP contribution in [-0.2, 0) is 13.1 Å². The highest BCUT2D eigenvalue weighted by Gasteiger charge is 2.08. The van der Waals surface area contributed by atoms with Gasteiger partial charge in [-0.05, 0) is 34.1 Å². The Morgan fingerprint density at radius 2 is 1.95 bits per heavy atom. The molecule has 2 nitrogen and oxygen atoms in total. The fraction of sp³-hybridized carbons (Fsp3) is 0.231. The van der Waals surface area contributed by atoms with E-state index in [1.165, 1.54) is 4.88 Å². The summed E-state index contributed by atoms with van der Waals surface area (Å²) in [6.07, 6.45) is 0. The second kappa shape index (κ2) is 6.98. The molecule has 2 aromatic rings. The van der Waals surface area contributed by atoms with E-state index in [9.17, 15) is 8.78 Å². The fourth-order valence-corrected chi connectivity index (χ4v) is 3.08. The zero-order chi connectivity index (χ0) is 13.7. The second-order valence-corrected chi connectivity index (χ2v) is 6.34. The Balaban J connectivity index is 1.92. The molecule has 2 rings (SSSR count). The number of hydrogen-bond donors (Lipinski definition) is 1. The summed E-state index contributed by atoms with van der Waals surface area (Å²) >= 11 is 5.04. The standard InChI is InChI=1S/C13H12BrF2NOS/c14-12-6-5-10(19-12)8-17-7-9-3-1-2-4-11(9)18-13(15)16/h1-6,13,17H,7-8H2. The molecule has 0 radical (unpaired) electrons. The van der Waals surface area contributed by atoms with E-state index in [4.69, 9.17) is 0 Å². The van der Waals surface area contributed by atoms with Gasteiger partial charge in [0.15, 0.2) is 0 Å². The monoisotopic (exact) mass is 347 g/mol. The Bertz CT molecular complexity index is 533. The molecule has 1 aromatic heterocycles. The molecular formula is C13H12BrF2NOS. The first-order chi connectivity index (χ1) is 9.15. The Morgan fingerprint density at radius 1 is 1.16 bits per heavy atom. The molecule has 1 N–H and O–H groups in total. The van der Waals surface area contributed by atoms with Crippen molar-refractivity contribution in [2.24, 2.45) is 0 Å². The molecule has 0 aliphatic carbocycles. The summed E-state index contributed by atoms with van der Waals surface area (Å²) in [7, 11) is 0. The highest BCUT2D eigenvalue weighted by molar-refractivity contribution is 9.11. The maximum absolute atomic E-state index is 12.2. The van der Waals surface area contributed by atoms with Gasteiger partial charge < -0.3 is 10.1 Å². The van der Waals surface area contributed by atoms with Gasteiger partial charge in [-0.1, -0.05) is 18.2 Å². The smallest absolute Gasteiger partial charge is 0.387 e. The Labute approximate surface area is 122 Å². The van der Waals surface area contributed by atoms with Crippen LogP contribution in [0, 0.1) is 0 Å². The number of rotatable bonds is 6. The van der Waals surface area contributed by atoms with Crippen LogP contribution in [0.3, 0.4) is 0 Å². The van der Waals surface area contributed by atoms with Gasteiger partial charge in [0.2, 0.25) is 0 Å². The second-order valence-electron chi connectivity index (χ2n) is 3.80. The average Bonchev–Trinajstić information content (AvgIpc) is 2.77. The van der Waals surface area contributed by atoms with Crippen LogP contribution in [0.5, 0.6) is 5.75 Å². The molecule has 0 aliphatic rings. The normalized spacial score (nSPS) is 10.9. The minimum atomic E-state index is -2.80. The van der Waals surface area contributed by atoms with E-state index in [0.717, 1.165) is 9.35 Å². The van der Waals surface area contributed by atoms with Gasteiger partial charge in [0.25, 0.3) is 0 Å². The van der Waals surface area contributed by atoms with Crippen molar-refractivity contribution in [2.75, 3.05) is 0 Å². The third-order valence-electron chi connectivity index (χ3n) is 2.43. The summed E-state index contributed by atoms with van der Waals surface area (Å²) in [6.45, 7) is -1.62. The van der Waals surface area contributed by atoms with Gasteiger partial charge in [0, 0.05) is 23.5 Å². The van der Waals surface area contributed by atoms with Gasteiger partial charge in [-0.15, -0.1) is 11.3 Å². The van der Waals surface area contributed by atoms with Crippen LogP contribution in [-0.4, -0.2) is 6.61 Å². The maximum atomic E-state index is 12.2. The number of benzene rings is 1. The zero-order valence-corrected chi connectivity index (χ0v) is 12.3. The number of thiophene rings is 1. The van der Waals surface area contributed by atoms with Gasteiger partial charge in [-0.3, -0.25) is 0 Å². The molecule has 19 heavy (non-hydrogen) atoms. The van der Waals surface area contributed by atoms with Crippen LogP contribution in [0.15, 0.2) is 40.2 Å². The minimum Gasteiger partial charge on any atom is -0.434 e. The van der Waals surface area contributed by atoms with E-state index in [0.29, 0.717) is 13.1 Å². The first kappa shape index (κ1) is 14.4. The van der Waals surface area contributed by atoms with Crippen LogP contribution in [0.2, 0.25) is 0 Å². The molecule has 0 aliphatic heterocycles. The lowest BCUT2D eigenvalue weighted by Crippen LogP contribution is -2.13. The number of hydrogen-bond acceptors (Lipinski definition) is 3. The molecule has 0 unspecified atom stereocenters. The summed E-state index contributed by atoms with van der Waals surface area (Å²) < 4.78 is 30.0. The van der Waals surface area contributed by atoms with E-state index in [1.807, 2.05) is 12.1 Å². The van der Waals surface area contributed by atoms with E-state index >= 15 is 0 Å². The highest BCUT2D eigenvalue weighted by Crippen LogP contribution is 2.23. The summed E-state index contributed by atoms with van der Waals surface area (Å²) in [5, 5.41) is 3.21. The SMILES string of the molecule is FC(F)Oc1ccccc1CNCc1ccc(Br)s1. The van der Waals surface area contributed by atoms with E-state index in [2.05, 4.69) is 26.0 Å². The number of ether oxygens (including phenoxy) is 1. The predicted octanol–water partition coefficient (Wildman–Crippen LogP) is 4.40. The summed E-state index contributed by atoms with van der Waals surface area (Å²) in [5.74, 6) is 0.220. The number of para-hydroxylation sites is 1. The predicted molar refractivity (Wildman–Crippen MR) is 75.6 cm³/mol. The zero-order valence-electron chi connectivity index (χ0n) is 9.91. The number of alkyl halides is 2. The van der Waals surface area contributed by atoms with Crippen molar-refractivity contribution in [2.45, 2.75) is 19.7 Å². The Kier molecular flexibility index (Phi) is 5.30. The van der Waals surface area contributed by atoms with Crippen molar-refractivity contribution in [3.05, 3.63) is 50.6 Å². The van der Waals surface area contributed by atoms with Crippen LogP contribution >= 0.6 is 27.3 Å². The van der Waals surface area contributed by atoms with E-state index < -0.39 is 6.61 Å². The molecule has 0 atom stereocenters. The summed E-state index contributed by atoms with van der Waals surface area (Å²) in [4.78, 5) is 1.18. The first-order valence-corrected chi connectivity index (χ1v) is 7.24. The molecule has 102 valence electrons. The third kappa shape index (κ3) is 4.56. The van der Waals surface area contributed by atoms with Gasteiger partial charge in [-0.2, -0.15) is 8.78 Å². The average molecular weight is 348 g/mol. The quantitative estimate of drug-likeness (QED) is 0.835. The van der Waals surface area contributed by atoms with Crippen molar-refractivity contribution in [3.63, 3.8) is 0 Å². The molecule has 0 amide bonds. The number of halogens is 3. The minimum absolute atomic E-state index is 0.220. The molecule has 1 heterocycles. The van der Waals surface area contributed by atoms with Crippen LogP contribution < -0.4 is 10.1 Å². The number of nitrogens with one attached hydrogen (secondary N) is 1. The lowest BCUT2D eigenvalue weighted by molar-refractivity contribution is -0.0505. The Hall–Kier alpha value is -0.980. The van der Waals surface area contributed by atoms with Gasteiger partial charge >= 0.3 is 6.61 Å². The third-order valence-corrected chi connectivity index (χ3v) is 4.06. The van der Waals surface area contributed by atoms with Crippen molar-refractivity contribution < 1.29 is 13.5 Å².